The van der Waals surface area contributed by atoms with Crippen LogP contribution >= 0.6 is 11.6 Å². The van der Waals surface area contributed by atoms with Gasteiger partial charge < -0.3 is 10.2 Å². The van der Waals surface area contributed by atoms with E-state index in [9.17, 15) is 9.59 Å². The summed E-state index contributed by atoms with van der Waals surface area (Å²) >= 11 is 5.99. The summed E-state index contributed by atoms with van der Waals surface area (Å²) in [7, 11) is 0. The van der Waals surface area contributed by atoms with Gasteiger partial charge in [0.25, 0.3) is 0 Å². The summed E-state index contributed by atoms with van der Waals surface area (Å²) in [6.45, 7) is 2.50. The molecule has 2 amide bonds. The van der Waals surface area contributed by atoms with E-state index >= 15 is 0 Å². The van der Waals surface area contributed by atoms with Crippen LogP contribution in [0.3, 0.4) is 0 Å². The Labute approximate surface area is 191 Å². The standard InChI is InChI=1S/C26H33ClN2O2/c1-2-24(26(31)28-23-11-7-4-8-12-23)29(18-17-20-9-5-3-6-10-20)25(30)19-21-13-15-22(27)16-14-21/h3,5-6,9-10,13-16,23-24H,2,4,7-8,11-12,17-19H2,1H3,(H,28,31)/t24-/m0/s1. The van der Waals surface area contributed by atoms with Crippen molar-refractivity contribution in [3.8, 4) is 0 Å². The largest absolute Gasteiger partial charge is 0.352 e. The zero-order valence-electron chi connectivity index (χ0n) is 18.4. The molecule has 1 aliphatic carbocycles. The first-order chi connectivity index (χ1) is 15.1. The number of benzene rings is 2. The second kappa shape index (κ2) is 11.9. The first-order valence-corrected chi connectivity index (χ1v) is 11.8. The van der Waals surface area contributed by atoms with Crippen LogP contribution in [0, 0.1) is 0 Å². The van der Waals surface area contributed by atoms with Crippen molar-refractivity contribution in [2.75, 3.05) is 6.54 Å². The summed E-state index contributed by atoms with van der Waals surface area (Å²) in [6.07, 6.45) is 7.21. The number of carbonyl (C=O) groups excluding carboxylic acids is 2. The van der Waals surface area contributed by atoms with Crippen LogP contribution in [0.4, 0.5) is 0 Å². The second-order valence-electron chi connectivity index (χ2n) is 8.39. The summed E-state index contributed by atoms with van der Waals surface area (Å²) < 4.78 is 0. The molecule has 2 aromatic rings. The van der Waals surface area contributed by atoms with Gasteiger partial charge in [0.2, 0.25) is 11.8 Å². The van der Waals surface area contributed by atoms with Crippen LogP contribution in [0.2, 0.25) is 5.02 Å². The van der Waals surface area contributed by atoms with Gasteiger partial charge in [0.1, 0.15) is 6.04 Å². The van der Waals surface area contributed by atoms with E-state index in [4.69, 9.17) is 11.6 Å². The maximum atomic E-state index is 13.3. The minimum absolute atomic E-state index is 0.0214. The summed E-state index contributed by atoms with van der Waals surface area (Å²) in [5.74, 6) is -0.0455. The van der Waals surface area contributed by atoms with Gasteiger partial charge in [-0.1, -0.05) is 80.3 Å². The first-order valence-electron chi connectivity index (χ1n) is 11.4. The Kier molecular flexibility index (Phi) is 8.96. The van der Waals surface area contributed by atoms with Gasteiger partial charge in [0.15, 0.2) is 0 Å². The molecule has 0 aliphatic heterocycles. The average Bonchev–Trinajstić information content (AvgIpc) is 2.79. The molecule has 1 atom stereocenters. The van der Waals surface area contributed by atoms with Crippen molar-refractivity contribution in [1.82, 2.24) is 10.2 Å². The minimum Gasteiger partial charge on any atom is -0.352 e. The lowest BCUT2D eigenvalue weighted by molar-refractivity contribution is -0.140. The first kappa shape index (κ1) is 23.3. The second-order valence-corrected chi connectivity index (χ2v) is 8.83. The van der Waals surface area contributed by atoms with E-state index in [0.717, 1.165) is 43.2 Å². The molecule has 1 fully saturated rings. The minimum atomic E-state index is -0.453. The summed E-state index contributed by atoms with van der Waals surface area (Å²) in [5, 5.41) is 3.87. The van der Waals surface area contributed by atoms with Crippen LogP contribution in [0.5, 0.6) is 0 Å². The Bertz CT molecular complexity index is 832. The number of carbonyl (C=O) groups is 2. The molecule has 0 radical (unpaired) electrons. The van der Waals surface area contributed by atoms with Gasteiger partial charge in [0.05, 0.1) is 6.42 Å². The monoisotopic (exact) mass is 440 g/mol. The predicted molar refractivity (Wildman–Crippen MR) is 126 cm³/mol. The fourth-order valence-corrected chi connectivity index (χ4v) is 4.44. The zero-order valence-corrected chi connectivity index (χ0v) is 19.1. The van der Waals surface area contributed by atoms with E-state index in [1.807, 2.05) is 37.3 Å². The van der Waals surface area contributed by atoms with E-state index in [0.29, 0.717) is 18.0 Å². The van der Waals surface area contributed by atoms with Crippen LogP contribution in [0.25, 0.3) is 0 Å². The molecule has 1 aliphatic rings. The van der Waals surface area contributed by atoms with Crippen molar-refractivity contribution >= 4 is 23.4 Å². The molecule has 0 bridgehead atoms. The van der Waals surface area contributed by atoms with E-state index in [2.05, 4.69) is 17.4 Å². The highest BCUT2D eigenvalue weighted by Crippen LogP contribution is 2.19. The molecule has 3 rings (SSSR count). The molecule has 0 spiro atoms. The number of nitrogens with one attached hydrogen (secondary N) is 1. The molecule has 0 unspecified atom stereocenters. The van der Waals surface area contributed by atoms with Crippen molar-refractivity contribution in [2.45, 2.75) is 70.4 Å². The highest BCUT2D eigenvalue weighted by atomic mass is 35.5. The highest BCUT2D eigenvalue weighted by Gasteiger charge is 2.29. The molecule has 5 heteroatoms. The molecule has 0 saturated heterocycles. The molecule has 0 heterocycles. The fourth-order valence-electron chi connectivity index (χ4n) is 4.32. The van der Waals surface area contributed by atoms with E-state index in [1.54, 1.807) is 17.0 Å². The van der Waals surface area contributed by atoms with Crippen LogP contribution in [0.1, 0.15) is 56.6 Å². The topological polar surface area (TPSA) is 49.4 Å². The van der Waals surface area contributed by atoms with Gasteiger partial charge in [-0.3, -0.25) is 9.59 Å². The van der Waals surface area contributed by atoms with Gasteiger partial charge in [0, 0.05) is 17.6 Å². The normalized spacial score (nSPS) is 15.3. The van der Waals surface area contributed by atoms with Gasteiger partial charge in [-0.05, 0) is 48.9 Å². The molecule has 1 saturated carbocycles. The number of hydrogen-bond donors (Lipinski definition) is 1. The number of rotatable bonds is 9. The third-order valence-electron chi connectivity index (χ3n) is 6.09. The summed E-state index contributed by atoms with van der Waals surface area (Å²) in [6, 6.07) is 17.2. The summed E-state index contributed by atoms with van der Waals surface area (Å²) in [4.78, 5) is 28.3. The molecule has 31 heavy (non-hydrogen) atoms. The Morgan fingerprint density at radius 2 is 1.68 bits per heavy atom. The van der Waals surface area contributed by atoms with Gasteiger partial charge in [-0.2, -0.15) is 0 Å². The van der Waals surface area contributed by atoms with Gasteiger partial charge in [-0.25, -0.2) is 0 Å². The molecule has 0 aromatic heterocycles. The molecule has 166 valence electrons. The van der Waals surface area contributed by atoms with Crippen LogP contribution < -0.4 is 5.32 Å². The summed E-state index contributed by atoms with van der Waals surface area (Å²) in [5.41, 5.74) is 2.07. The zero-order chi connectivity index (χ0) is 22.1. The number of amides is 2. The van der Waals surface area contributed by atoms with E-state index < -0.39 is 6.04 Å². The smallest absolute Gasteiger partial charge is 0.243 e. The third-order valence-corrected chi connectivity index (χ3v) is 6.34. The average molecular weight is 441 g/mol. The van der Waals surface area contributed by atoms with E-state index in [-0.39, 0.29) is 24.3 Å². The van der Waals surface area contributed by atoms with Crippen molar-refractivity contribution in [2.24, 2.45) is 0 Å². The quantitative estimate of drug-likeness (QED) is 0.583. The van der Waals surface area contributed by atoms with Crippen LogP contribution in [-0.4, -0.2) is 35.3 Å². The Morgan fingerprint density at radius 1 is 1.00 bits per heavy atom. The maximum Gasteiger partial charge on any atom is 0.243 e. The molecule has 2 aromatic carbocycles. The maximum absolute atomic E-state index is 13.3. The van der Waals surface area contributed by atoms with Crippen molar-refractivity contribution in [3.05, 3.63) is 70.7 Å². The number of halogens is 1. The highest BCUT2D eigenvalue weighted by molar-refractivity contribution is 6.30. The van der Waals surface area contributed by atoms with Crippen LogP contribution in [0.15, 0.2) is 54.6 Å². The van der Waals surface area contributed by atoms with E-state index in [1.165, 1.54) is 6.42 Å². The van der Waals surface area contributed by atoms with Gasteiger partial charge in [-0.15, -0.1) is 0 Å². The lowest BCUT2D eigenvalue weighted by atomic mass is 9.95. The van der Waals surface area contributed by atoms with Gasteiger partial charge >= 0.3 is 0 Å². The number of hydrogen-bond acceptors (Lipinski definition) is 2. The Hall–Kier alpha value is -2.33. The molecule has 1 N–H and O–H groups in total. The lowest BCUT2D eigenvalue weighted by Gasteiger charge is -2.33. The third kappa shape index (κ3) is 7.10. The Morgan fingerprint density at radius 3 is 2.32 bits per heavy atom. The van der Waals surface area contributed by atoms with Crippen molar-refractivity contribution in [1.29, 1.82) is 0 Å². The fraction of sp³-hybridized carbons (Fsp3) is 0.462. The molecular weight excluding hydrogens is 408 g/mol. The number of nitrogens with zero attached hydrogens (tertiary/aromatic N) is 1. The van der Waals surface area contributed by atoms with Crippen molar-refractivity contribution in [3.63, 3.8) is 0 Å². The predicted octanol–water partition coefficient (Wildman–Crippen LogP) is 5.18. The van der Waals surface area contributed by atoms with Crippen molar-refractivity contribution < 1.29 is 9.59 Å². The SMILES string of the molecule is CC[C@@H](C(=O)NC1CCCCC1)N(CCc1ccccc1)C(=O)Cc1ccc(Cl)cc1. The molecule has 4 nitrogen and oxygen atoms in total. The van der Waals surface area contributed by atoms with Crippen LogP contribution in [-0.2, 0) is 22.4 Å². The lowest BCUT2D eigenvalue weighted by Crippen LogP contribution is -2.52. The Balaban J connectivity index is 1.73. The molecular formula is C26H33ClN2O2.